The third kappa shape index (κ3) is 6.12. The van der Waals surface area contributed by atoms with Crippen LogP contribution in [0.3, 0.4) is 0 Å². The van der Waals surface area contributed by atoms with Crippen molar-refractivity contribution in [1.82, 2.24) is 0 Å². The molecule has 14 heavy (non-hydrogen) atoms. The zero-order valence-electron chi connectivity index (χ0n) is 9.28. The first-order valence-electron chi connectivity index (χ1n) is 4.87. The Morgan fingerprint density at radius 2 is 0.929 bits per heavy atom. The average Bonchev–Trinajstić information content (AvgIpc) is 2.34. The maximum atomic E-state index is 10.1. The first-order chi connectivity index (χ1) is 6.86. The zero-order valence-corrected chi connectivity index (χ0v) is 9.28. The van der Waals surface area contributed by atoms with E-state index in [9.17, 15) is 9.59 Å². The van der Waals surface area contributed by atoms with Crippen LogP contribution >= 0.6 is 0 Å². The molecule has 0 N–H and O–H groups in total. The molecule has 1 aromatic rings. The van der Waals surface area contributed by atoms with Gasteiger partial charge in [-0.2, -0.15) is 0 Å². The third-order valence-corrected chi connectivity index (χ3v) is 1.21. The molecule has 1 rings (SSSR count). The van der Waals surface area contributed by atoms with Gasteiger partial charge in [-0.05, 0) is 0 Å². The number of hydrogen-bond acceptors (Lipinski definition) is 2. The molecule has 0 aliphatic heterocycles. The topological polar surface area (TPSA) is 34.1 Å². The quantitative estimate of drug-likeness (QED) is 0.676. The van der Waals surface area contributed by atoms with E-state index in [0.29, 0.717) is 11.1 Å². The molecule has 0 unspecified atom stereocenters. The van der Waals surface area contributed by atoms with E-state index in [4.69, 9.17) is 0 Å². The first-order valence-corrected chi connectivity index (χ1v) is 4.87. The fourth-order valence-electron chi connectivity index (χ4n) is 0.653. The van der Waals surface area contributed by atoms with Gasteiger partial charge in [0, 0.05) is 11.1 Å². The summed E-state index contributed by atoms with van der Waals surface area (Å²) in [5.41, 5.74) is 1.18. The lowest BCUT2D eigenvalue weighted by Crippen LogP contribution is -1.81. The summed E-state index contributed by atoms with van der Waals surface area (Å²) in [5, 5.41) is 0. The van der Waals surface area contributed by atoms with Crippen LogP contribution in [-0.4, -0.2) is 12.6 Å². The van der Waals surface area contributed by atoms with E-state index in [-0.39, 0.29) is 0 Å². The number of hydrogen-bond donors (Lipinski definition) is 0. The Morgan fingerprint density at radius 1 is 0.714 bits per heavy atom. The van der Waals surface area contributed by atoms with Gasteiger partial charge in [0.15, 0.2) is 0 Å². The van der Waals surface area contributed by atoms with Crippen LogP contribution in [-0.2, 0) is 0 Å². The molecule has 0 atom stereocenters. The monoisotopic (exact) mass is 194 g/mol. The van der Waals surface area contributed by atoms with E-state index < -0.39 is 0 Å². The van der Waals surface area contributed by atoms with Crippen molar-refractivity contribution in [2.45, 2.75) is 27.7 Å². The van der Waals surface area contributed by atoms with Gasteiger partial charge in [0.2, 0.25) is 0 Å². The third-order valence-electron chi connectivity index (χ3n) is 1.21. The first kappa shape index (κ1) is 15.1. The minimum Gasteiger partial charge on any atom is -0.298 e. The fraction of sp³-hybridized carbons (Fsp3) is 0.333. The minimum absolute atomic E-state index is 0.589. The SMILES string of the molecule is CC.CC.O=Cc1ccc(C=O)cc1. The Balaban J connectivity index is 0. The standard InChI is InChI=1S/C8H6O2.2C2H6/c9-5-7-1-2-8(6-10)4-3-7;2*1-2/h1-6H;2*1-2H3. The summed E-state index contributed by atoms with van der Waals surface area (Å²) >= 11 is 0. The number of carbonyl (C=O) groups excluding carboxylic acids is 2. The summed E-state index contributed by atoms with van der Waals surface area (Å²) in [6, 6.07) is 6.43. The summed E-state index contributed by atoms with van der Waals surface area (Å²) < 4.78 is 0. The molecule has 0 bridgehead atoms. The highest BCUT2D eigenvalue weighted by Crippen LogP contribution is 1.98. The maximum absolute atomic E-state index is 10.1. The second kappa shape index (κ2) is 11.6. The molecule has 0 heterocycles. The summed E-state index contributed by atoms with van der Waals surface area (Å²) in [6.45, 7) is 8.00. The summed E-state index contributed by atoms with van der Waals surface area (Å²) in [7, 11) is 0. The lowest BCUT2D eigenvalue weighted by atomic mass is 10.2. The highest BCUT2D eigenvalue weighted by molar-refractivity contribution is 5.79. The molecule has 0 saturated heterocycles. The van der Waals surface area contributed by atoms with Crippen molar-refractivity contribution in [3.8, 4) is 0 Å². The molecular formula is C12H18O2. The molecule has 0 aliphatic carbocycles. The summed E-state index contributed by atoms with van der Waals surface area (Å²) in [6.07, 6.45) is 1.49. The summed E-state index contributed by atoms with van der Waals surface area (Å²) in [5.74, 6) is 0. The van der Waals surface area contributed by atoms with Crippen LogP contribution in [0.4, 0.5) is 0 Å². The second-order valence-corrected chi connectivity index (χ2v) is 1.90. The van der Waals surface area contributed by atoms with Gasteiger partial charge in [0.25, 0.3) is 0 Å². The predicted molar refractivity (Wildman–Crippen MR) is 59.9 cm³/mol. The van der Waals surface area contributed by atoms with Crippen molar-refractivity contribution in [2.75, 3.05) is 0 Å². The molecule has 1 aromatic carbocycles. The smallest absolute Gasteiger partial charge is 0.150 e. The second-order valence-electron chi connectivity index (χ2n) is 1.90. The Labute approximate surface area is 86.0 Å². The molecule has 0 spiro atoms. The van der Waals surface area contributed by atoms with E-state index in [2.05, 4.69) is 0 Å². The molecule has 0 amide bonds. The van der Waals surface area contributed by atoms with E-state index in [1.165, 1.54) is 0 Å². The minimum atomic E-state index is 0.589. The van der Waals surface area contributed by atoms with Gasteiger partial charge in [-0.15, -0.1) is 0 Å². The number of benzene rings is 1. The highest BCUT2D eigenvalue weighted by atomic mass is 16.1. The number of carbonyl (C=O) groups is 2. The lowest BCUT2D eigenvalue weighted by Gasteiger charge is -1.88. The molecular weight excluding hydrogens is 176 g/mol. The molecule has 0 aliphatic rings. The van der Waals surface area contributed by atoms with Gasteiger partial charge in [-0.25, -0.2) is 0 Å². The largest absolute Gasteiger partial charge is 0.298 e. The van der Waals surface area contributed by atoms with Crippen LogP contribution in [0, 0.1) is 0 Å². The fourth-order valence-corrected chi connectivity index (χ4v) is 0.653. The molecule has 78 valence electrons. The maximum Gasteiger partial charge on any atom is 0.150 e. The molecule has 2 heteroatoms. The Morgan fingerprint density at radius 3 is 1.07 bits per heavy atom. The summed E-state index contributed by atoms with van der Waals surface area (Å²) in [4.78, 5) is 20.2. The van der Waals surface area contributed by atoms with Gasteiger partial charge in [-0.1, -0.05) is 52.0 Å². The molecule has 0 fully saturated rings. The molecule has 0 saturated carbocycles. The molecule has 0 radical (unpaired) electrons. The van der Waals surface area contributed by atoms with Gasteiger partial charge in [0.05, 0.1) is 0 Å². The van der Waals surface area contributed by atoms with E-state index in [0.717, 1.165) is 12.6 Å². The molecule has 0 aromatic heterocycles. The van der Waals surface area contributed by atoms with Crippen LogP contribution in [0.1, 0.15) is 48.4 Å². The van der Waals surface area contributed by atoms with Crippen molar-refractivity contribution < 1.29 is 9.59 Å². The van der Waals surface area contributed by atoms with Gasteiger partial charge in [0.1, 0.15) is 12.6 Å². The van der Waals surface area contributed by atoms with Crippen molar-refractivity contribution in [2.24, 2.45) is 0 Å². The Hall–Kier alpha value is -1.44. The zero-order chi connectivity index (χ0) is 11.4. The lowest BCUT2D eigenvalue weighted by molar-refractivity contribution is 0.111. The van der Waals surface area contributed by atoms with Crippen LogP contribution in [0.25, 0.3) is 0 Å². The van der Waals surface area contributed by atoms with Crippen molar-refractivity contribution in [3.05, 3.63) is 35.4 Å². The van der Waals surface area contributed by atoms with E-state index in [1.807, 2.05) is 27.7 Å². The van der Waals surface area contributed by atoms with Gasteiger partial charge in [-0.3, -0.25) is 9.59 Å². The predicted octanol–water partition coefficient (Wildman–Crippen LogP) is 3.36. The Bertz CT molecular complexity index is 210. The van der Waals surface area contributed by atoms with Crippen LogP contribution in [0.2, 0.25) is 0 Å². The molecule has 2 nitrogen and oxygen atoms in total. The van der Waals surface area contributed by atoms with E-state index >= 15 is 0 Å². The van der Waals surface area contributed by atoms with Gasteiger partial charge >= 0.3 is 0 Å². The number of rotatable bonds is 2. The van der Waals surface area contributed by atoms with Crippen molar-refractivity contribution >= 4 is 12.6 Å². The van der Waals surface area contributed by atoms with Crippen LogP contribution in [0.5, 0.6) is 0 Å². The van der Waals surface area contributed by atoms with Crippen LogP contribution in [0.15, 0.2) is 24.3 Å². The number of aldehydes is 2. The highest BCUT2D eigenvalue weighted by Gasteiger charge is 1.88. The van der Waals surface area contributed by atoms with Crippen molar-refractivity contribution in [1.29, 1.82) is 0 Å². The van der Waals surface area contributed by atoms with Crippen molar-refractivity contribution in [3.63, 3.8) is 0 Å². The van der Waals surface area contributed by atoms with E-state index in [1.54, 1.807) is 24.3 Å². The van der Waals surface area contributed by atoms with Gasteiger partial charge < -0.3 is 0 Å². The van der Waals surface area contributed by atoms with Crippen LogP contribution < -0.4 is 0 Å². The normalized spacial score (nSPS) is 7.14. The average molecular weight is 194 g/mol. The Kier molecular flexibility index (Phi) is 12.4.